The first-order chi connectivity index (χ1) is 6.88. The zero-order chi connectivity index (χ0) is 9.80. The third-order valence-electron chi connectivity index (χ3n) is 2.50. The van der Waals surface area contributed by atoms with Crippen LogP contribution in [0.2, 0.25) is 0 Å². The lowest BCUT2D eigenvalue weighted by Crippen LogP contribution is -2.42. The van der Waals surface area contributed by atoms with Crippen LogP contribution in [0.25, 0.3) is 0 Å². The summed E-state index contributed by atoms with van der Waals surface area (Å²) >= 11 is 1.78. The molecule has 2 rings (SSSR count). The Hall–Kier alpha value is -0.160. The summed E-state index contributed by atoms with van der Waals surface area (Å²) in [6.45, 7) is 7.72. The number of hydrogen-bond donors (Lipinski definition) is 1. The van der Waals surface area contributed by atoms with E-state index in [1.165, 1.54) is 10.7 Å². The van der Waals surface area contributed by atoms with Crippen LogP contribution >= 0.6 is 23.7 Å². The highest BCUT2D eigenvalue weighted by Crippen LogP contribution is 2.12. The van der Waals surface area contributed by atoms with Gasteiger partial charge in [-0.1, -0.05) is 6.92 Å². The minimum absolute atomic E-state index is 0. The van der Waals surface area contributed by atoms with Crippen molar-refractivity contribution in [2.24, 2.45) is 0 Å². The fraction of sp³-hybridized carbons (Fsp3) is 0.700. The molecule has 5 heteroatoms. The monoisotopic (exact) mass is 247 g/mol. The summed E-state index contributed by atoms with van der Waals surface area (Å²) in [5, 5.41) is 6.81. The summed E-state index contributed by atoms with van der Waals surface area (Å²) < 4.78 is 0. The summed E-state index contributed by atoms with van der Waals surface area (Å²) in [4.78, 5) is 7.04. The molecule has 0 spiro atoms. The van der Waals surface area contributed by atoms with Crippen LogP contribution in [0.3, 0.4) is 0 Å². The Morgan fingerprint density at radius 2 is 2.20 bits per heavy atom. The Morgan fingerprint density at radius 3 is 2.80 bits per heavy atom. The normalized spacial score (nSPS) is 17.4. The predicted octanol–water partition coefficient (Wildman–Crippen LogP) is 1.53. The zero-order valence-electron chi connectivity index (χ0n) is 9.03. The number of aromatic nitrogens is 1. The molecule has 1 N–H and O–H groups in total. The Balaban J connectivity index is 0.00000112. The molecule has 15 heavy (non-hydrogen) atoms. The largest absolute Gasteiger partial charge is 0.314 e. The predicted molar refractivity (Wildman–Crippen MR) is 66.9 cm³/mol. The molecule has 1 aliphatic rings. The molecule has 0 aromatic carbocycles. The molecule has 86 valence electrons. The molecule has 0 unspecified atom stereocenters. The number of thiazole rings is 1. The van der Waals surface area contributed by atoms with E-state index >= 15 is 0 Å². The molecule has 1 aromatic rings. The van der Waals surface area contributed by atoms with Gasteiger partial charge in [0, 0.05) is 38.1 Å². The topological polar surface area (TPSA) is 28.2 Å². The molecule has 1 fully saturated rings. The van der Waals surface area contributed by atoms with E-state index in [9.17, 15) is 0 Å². The van der Waals surface area contributed by atoms with Crippen molar-refractivity contribution in [3.8, 4) is 0 Å². The Bertz CT molecular complexity index is 284. The Labute approximate surface area is 101 Å². The summed E-state index contributed by atoms with van der Waals surface area (Å²) in [7, 11) is 0. The molecule has 0 radical (unpaired) electrons. The van der Waals surface area contributed by atoms with Gasteiger partial charge in [-0.25, -0.2) is 4.98 Å². The summed E-state index contributed by atoms with van der Waals surface area (Å²) in [5.74, 6) is 0. The number of halogens is 1. The number of aryl methyl sites for hydroxylation is 1. The van der Waals surface area contributed by atoms with Gasteiger partial charge in [-0.15, -0.1) is 23.7 Å². The Morgan fingerprint density at radius 1 is 1.47 bits per heavy atom. The maximum atomic E-state index is 4.58. The van der Waals surface area contributed by atoms with Gasteiger partial charge in [0.2, 0.25) is 0 Å². The first kappa shape index (κ1) is 12.9. The molecule has 0 bridgehead atoms. The van der Waals surface area contributed by atoms with Crippen LogP contribution in [-0.4, -0.2) is 36.1 Å². The van der Waals surface area contributed by atoms with Crippen molar-refractivity contribution in [3.63, 3.8) is 0 Å². The van der Waals surface area contributed by atoms with E-state index in [-0.39, 0.29) is 12.4 Å². The summed E-state index contributed by atoms with van der Waals surface area (Å²) in [6.07, 6.45) is 1.06. The molecule has 1 saturated heterocycles. The van der Waals surface area contributed by atoms with Crippen LogP contribution in [0.15, 0.2) is 5.38 Å². The third-order valence-corrected chi connectivity index (χ3v) is 3.54. The zero-order valence-corrected chi connectivity index (χ0v) is 10.7. The molecule has 3 nitrogen and oxygen atoms in total. The smallest absolute Gasteiger partial charge is 0.0926 e. The van der Waals surface area contributed by atoms with E-state index in [1.54, 1.807) is 11.3 Å². The minimum atomic E-state index is 0. The second kappa shape index (κ2) is 6.43. The first-order valence-electron chi connectivity index (χ1n) is 5.25. The van der Waals surface area contributed by atoms with Crippen molar-refractivity contribution in [2.45, 2.75) is 19.9 Å². The number of piperazine rings is 1. The number of rotatable bonds is 3. The molecule has 1 aliphatic heterocycles. The van der Waals surface area contributed by atoms with Crippen LogP contribution in [-0.2, 0) is 13.0 Å². The molecule has 0 saturated carbocycles. The SMILES string of the molecule is CCc1nc(CN2CCNCC2)cs1.Cl. The van der Waals surface area contributed by atoms with Gasteiger partial charge in [-0.05, 0) is 6.42 Å². The van der Waals surface area contributed by atoms with Crippen LogP contribution in [0.5, 0.6) is 0 Å². The average Bonchev–Trinajstić information content (AvgIpc) is 2.67. The molecular formula is C10H18ClN3S. The van der Waals surface area contributed by atoms with Crippen molar-refractivity contribution in [3.05, 3.63) is 16.1 Å². The summed E-state index contributed by atoms with van der Waals surface area (Å²) in [5.41, 5.74) is 1.24. The summed E-state index contributed by atoms with van der Waals surface area (Å²) in [6, 6.07) is 0. The number of nitrogens with zero attached hydrogens (tertiary/aromatic N) is 2. The number of nitrogens with one attached hydrogen (secondary N) is 1. The lowest BCUT2D eigenvalue weighted by molar-refractivity contribution is 0.231. The van der Waals surface area contributed by atoms with Crippen molar-refractivity contribution in [1.29, 1.82) is 0 Å². The van der Waals surface area contributed by atoms with Crippen molar-refractivity contribution < 1.29 is 0 Å². The van der Waals surface area contributed by atoms with Crippen LogP contribution in [0, 0.1) is 0 Å². The van der Waals surface area contributed by atoms with E-state index in [0.717, 1.165) is 39.1 Å². The van der Waals surface area contributed by atoms with Crippen molar-refractivity contribution >= 4 is 23.7 Å². The lowest BCUT2D eigenvalue weighted by atomic mass is 10.3. The standard InChI is InChI=1S/C10H17N3S.ClH/c1-2-10-12-9(8-14-10)7-13-5-3-11-4-6-13;/h8,11H,2-7H2,1H3;1H. The van der Waals surface area contributed by atoms with Gasteiger partial charge in [0.1, 0.15) is 0 Å². The van der Waals surface area contributed by atoms with E-state index in [1.807, 2.05) is 0 Å². The highest BCUT2D eigenvalue weighted by atomic mass is 35.5. The highest BCUT2D eigenvalue weighted by Gasteiger charge is 2.11. The maximum absolute atomic E-state index is 4.58. The quantitative estimate of drug-likeness (QED) is 0.878. The van der Waals surface area contributed by atoms with Crippen LogP contribution in [0.1, 0.15) is 17.6 Å². The molecule has 0 atom stereocenters. The maximum Gasteiger partial charge on any atom is 0.0926 e. The molecule has 1 aromatic heterocycles. The minimum Gasteiger partial charge on any atom is -0.314 e. The lowest BCUT2D eigenvalue weighted by Gasteiger charge is -2.26. The van der Waals surface area contributed by atoms with Gasteiger partial charge < -0.3 is 5.32 Å². The van der Waals surface area contributed by atoms with Crippen molar-refractivity contribution in [2.75, 3.05) is 26.2 Å². The fourth-order valence-corrected chi connectivity index (χ4v) is 2.42. The first-order valence-corrected chi connectivity index (χ1v) is 6.13. The van der Waals surface area contributed by atoms with Gasteiger partial charge in [0.05, 0.1) is 10.7 Å². The molecule has 0 aliphatic carbocycles. The van der Waals surface area contributed by atoms with E-state index in [0.29, 0.717) is 0 Å². The highest BCUT2D eigenvalue weighted by molar-refractivity contribution is 7.09. The van der Waals surface area contributed by atoms with Crippen LogP contribution in [0.4, 0.5) is 0 Å². The third kappa shape index (κ3) is 3.72. The fourth-order valence-electron chi connectivity index (χ4n) is 1.68. The van der Waals surface area contributed by atoms with Gasteiger partial charge in [-0.2, -0.15) is 0 Å². The van der Waals surface area contributed by atoms with Gasteiger partial charge in [-0.3, -0.25) is 4.90 Å². The van der Waals surface area contributed by atoms with E-state index < -0.39 is 0 Å². The van der Waals surface area contributed by atoms with Crippen LogP contribution < -0.4 is 5.32 Å². The second-order valence-corrected chi connectivity index (χ2v) is 4.55. The average molecular weight is 248 g/mol. The Kier molecular flexibility index (Phi) is 5.53. The van der Waals surface area contributed by atoms with Gasteiger partial charge >= 0.3 is 0 Å². The molecule has 2 heterocycles. The van der Waals surface area contributed by atoms with E-state index in [4.69, 9.17) is 0 Å². The second-order valence-electron chi connectivity index (χ2n) is 3.61. The van der Waals surface area contributed by atoms with Gasteiger partial charge in [0.15, 0.2) is 0 Å². The van der Waals surface area contributed by atoms with E-state index in [2.05, 4.69) is 27.5 Å². The number of hydrogen-bond acceptors (Lipinski definition) is 4. The van der Waals surface area contributed by atoms with Crippen molar-refractivity contribution in [1.82, 2.24) is 15.2 Å². The van der Waals surface area contributed by atoms with Gasteiger partial charge in [0.25, 0.3) is 0 Å². The molecular weight excluding hydrogens is 230 g/mol. The molecule has 0 amide bonds.